The average molecular weight is 246 g/mol. The first kappa shape index (κ1) is 12.9. The molecule has 1 fully saturated rings. The van der Waals surface area contributed by atoms with Crippen LogP contribution in [0, 0.1) is 0 Å². The van der Waals surface area contributed by atoms with E-state index in [2.05, 4.69) is 15.7 Å². The van der Waals surface area contributed by atoms with Crippen LogP contribution in [0.15, 0.2) is 35.3 Å². The van der Waals surface area contributed by atoms with Crippen molar-refractivity contribution in [2.24, 2.45) is 10.8 Å². The summed E-state index contributed by atoms with van der Waals surface area (Å²) in [5.41, 5.74) is 3.66. The Hall–Kier alpha value is -1.55. The maximum Gasteiger partial charge on any atom is 0.210 e. The zero-order valence-electron chi connectivity index (χ0n) is 10.7. The summed E-state index contributed by atoms with van der Waals surface area (Å²) in [6.07, 6.45) is 7.56. The standard InChI is InChI=1S/C14H22N4/c15-18-14(17-13-10-6-3-7-11-13)16-12-8-4-1-2-5-9-12/h3,6-7,10-12H,1-2,4-5,8-9,15H2,(H2,16,17,18). The third-order valence-electron chi connectivity index (χ3n) is 3.31. The van der Waals surface area contributed by atoms with Gasteiger partial charge in [0, 0.05) is 5.69 Å². The van der Waals surface area contributed by atoms with Crippen molar-refractivity contribution >= 4 is 11.6 Å². The number of nitrogens with two attached hydrogens (primary N) is 1. The number of para-hydroxylation sites is 1. The lowest BCUT2D eigenvalue weighted by Crippen LogP contribution is -2.37. The highest BCUT2D eigenvalue weighted by Crippen LogP contribution is 2.19. The van der Waals surface area contributed by atoms with E-state index in [4.69, 9.17) is 5.84 Å². The number of nitrogens with zero attached hydrogens (tertiary/aromatic N) is 1. The van der Waals surface area contributed by atoms with Crippen LogP contribution >= 0.6 is 0 Å². The molecular weight excluding hydrogens is 224 g/mol. The van der Waals surface area contributed by atoms with Gasteiger partial charge in [-0.05, 0) is 25.0 Å². The Morgan fingerprint density at radius 3 is 2.33 bits per heavy atom. The van der Waals surface area contributed by atoms with Crippen LogP contribution in [-0.4, -0.2) is 12.0 Å². The molecule has 1 aliphatic carbocycles. The lowest BCUT2D eigenvalue weighted by Gasteiger charge is -2.13. The predicted molar refractivity (Wildman–Crippen MR) is 76.3 cm³/mol. The minimum absolute atomic E-state index is 0.398. The molecule has 18 heavy (non-hydrogen) atoms. The predicted octanol–water partition coefficient (Wildman–Crippen LogP) is 2.64. The molecule has 98 valence electrons. The fourth-order valence-corrected chi connectivity index (χ4v) is 2.33. The first-order valence-electron chi connectivity index (χ1n) is 6.75. The van der Waals surface area contributed by atoms with Crippen LogP contribution < -0.4 is 16.6 Å². The number of benzene rings is 1. The van der Waals surface area contributed by atoms with Gasteiger partial charge < -0.3 is 5.32 Å². The van der Waals surface area contributed by atoms with Crippen LogP contribution in [0.25, 0.3) is 0 Å². The third-order valence-corrected chi connectivity index (χ3v) is 3.31. The second-order valence-electron chi connectivity index (χ2n) is 4.76. The Balaban J connectivity index is 1.98. The van der Waals surface area contributed by atoms with Gasteiger partial charge in [-0.1, -0.05) is 43.9 Å². The van der Waals surface area contributed by atoms with Gasteiger partial charge in [0.1, 0.15) is 0 Å². The molecule has 1 aliphatic rings. The second kappa shape index (κ2) is 7.01. The Labute approximate surface area is 109 Å². The van der Waals surface area contributed by atoms with E-state index in [1.807, 2.05) is 30.3 Å². The molecule has 0 unspecified atom stereocenters. The number of hydrazine groups is 1. The summed E-state index contributed by atoms with van der Waals surface area (Å²) >= 11 is 0. The molecule has 0 atom stereocenters. The molecule has 4 heteroatoms. The molecule has 0 saturated heterocycles. The topological polar surface area (TPSA) is 62.4 Å². The summed E-state index contributed by atoms with van der Waals surface area (Å²) in [5, 5.41) is 3.21. The number of rotatable bonds is 2. The van der Waals surface area contributed by atoms with Crippen LogP contribution in [0.3, 0.4) is 0 Å². The van der Waals surface area contributed by atoms with Gasteiger partial charge in [0.15, 0.2) is 0 Å². The van der Waals surface area contributed by atoms with Gasteiger partial charge >= 0.3 is 0 Å². The largest absolute Gasteiger partial charge is 0.325 e. The molecule has 0 heterocycles. The van der Waals surface area contributed by atoms with Crippen LogP contribution in [0.4, 0.5) is 5.69 Å². The fraction of sp³-hybridized carbons (Fsp3) is 0.500. The van der Waals surface area contributed by atoms with E-state index in [9.17, 15) is 0 Å². The minimum atomic E-state index is 0.398. The van der Waals surface area contributed by atoms with E-state index in [-0.39, 0.29) is 0 Å². The van der Waals surface area contributed by atoms with Gasteiger partial charge in [-0.3, -0.25) is 5.43 Å². The number of hydrogen-bond acceptors (Lipinski definition) is 2. The molecule has 1 aromatic carbocycles. The zero-order valence-corrected chi connectivity index (χ0v) is 10.7. The van der Waals surface area contributed by atoms with Crippen molar-refractivity contribution in [1.29, 1.82) is 0 Å². The highest BCUT2D eigenvalue weighted by atomic mass is 15.3. The van der Waals surface area contributed by atoms with Crippen LogP contribution in [-0.2, 0) is 0 Å². The lowest BCUT2D eigenvalue weighted by molar-refractivity contribution is 0.583. The van der Waals surface area contributed by atoms with E-state index in [1.165, 1.54) is 38.5 Å². The Kier molecular flexibility index (Phi) is 5.02. The molecule has 1 saturated carbocycles. The smallest absolute Gasteiger partial charge is 0.210 e. The van der Waals surface area contributed by atoms with E-state index >= 15 is 0 Å². The van der Waals surface area contributed by atoms with Crippen molar-refractivity contribution in [2.75, 3.05) is 5.32 Å². The van der Waals surface area contributed by atoms with E-state index in [0.717, 1.165) is 5.69 Å². The normalized spacial score (nSPS) is 18.2. The van der Waals surface area contributed by atoms with Crippen molar-refractivity contribution in [3.8, 4) is 0 Å². The van der Waals surface area contributed by atoms with Gasteiger partial charge in [-0.2, -0.15) is 0 Å². The SMILES string of the molecule is NNC(=NC1CCCCCC1)Nc1ccccc1. The number of guanidine groups is 1. The van der Waals surface area contributed by atoms with Gasteiger partial charge in [0.2, 0.25) is 5.96 Å². The van der Waals surface area contributed by atoms with Gasteiger partial charge in [0.25, 0.3) is 0 Å². The average Bonchev–Trinajstić information content (AvgIpc) is 2.68. The summed E-state index contributed by atoms with van der Waals surface area (Å²) in [6.45, 7) is 0. The van der Waals surface area contributed by atoms with Crippen molar-refractivity contribution in [2.45, 2.75) is 44.6 Å². The monoisotopic (exact) mass is 246 g/mol. The summed E-state index contributed by atoms with van der Waals surface area (Å²) in [4.78, 5) is 4.68. The molecule has 0 spiro atoms. The fourth-order valence-electron chi connectivity index (χ4n) is 2.33. The van der Waals surface area contributed by atoms with Crippen molar-refractivity contribution in [3.05, 3.63) is 30.3 Å². The molecule has 0 aromatic heterocycles. The van der Waals surface area contributed by atoms with E-state index in [1.54, 1.807) is 0 Å². The van der Waals surface area contributed by atoms with E-state index < -0.39 is 0 Å². The lowest BCUT2D eigenvalue weighted by atomic mass is 10.1. The Bertz CT molecular complexity index is 367. The van der Waals surface area contributed by atoms with Gasteiger partial charge in [-0.25, -0.2) is 10.8 Å². The summed E-state index contributed by atoms with van der Waals surface area (Å²) < 4.78 is 0. The maximum atomic E-state index is 5.53. The van der Waals surface area contributed by atoms with Crippen LogP contribution in [0.2, 0.25) is 0 Å². The number of anilines is 1. The molecule has 4 nitrogen and oxygen atoms in total. The van der Waals surface area contributed by atoms with E-state index in [0.29, 0.717) is 12.0 Å². The summed E-state index contributed by atoms with van der Waals surface area (Å²) in [5.74, 6) is 6.19. The second-order valence-corrected chi connectivity index (χ2v) is 4.76. The zero-order chi connectivity index (χ0) is 12.6. The molecule has 0 amide bonds. The molecular formula is C14H22N4. The third kappa shape index (κ3) is 4.04. The van der Waals surface area contributed by atoms with Crippen molar-refractivity contribution in [1.82, 2.24) is 5.43 Å². The molecule has 0 radical (unpaired) electrons. The maximum absolute atomic E-state index is 5.53. The minimum Gasteiger partial charge on any atom is -0.325 e. The van der Waals surface area contributed by atoms with Crippen LogP contribution in [0.1, 0.15) is 38.5 Å². The highest BCUT2D eigenvalue weighted by Gasteiger charge is 2.11. The number of aliphatic imine (C=N–C) groups is 1. The number of nitrogens with one attached hydrogen (secondary N) is 2. The summed E-state index contributed by atoms with van der Waals surface area (Å²) in [7, 11) is 0. The Morgan fingerprint density at radius 1 is 1.06 bits per heavy atom. The van der Waals surface area contributed by atoms with Crippen molar-refractivity contribution in [3.63, 3.8) is 0 Å². The summed E-state index contributed by atoms with van der Waals surface area (Å²) in [6, 6.07) is 10.4. The first-order chi connectivity index (χ1) is 8.88. The van der Waals surface area contributed by atoms with Crippen LogP contribution in [0.5, 0.6) is 0 Å². The van der Waals surface area contributed by atoms with Crippen molar-refractivity contribution < 1.29 is 0 Å². The highest BCUT2D eigenvalue weighted by molar-refractivity contribution is 5.93. The Morgan fingerprint density at radius 2 is 1.72 bits per heavy atom. The van der Waals surface area contributed by atoms with Gasteiger partial charge in [-0.15, -0.1) is 0 Å². The molecule has 1 aromatic rings. The first-order valence-corrected chi connectivity index (χ1v) is 6.75. The molecule has 0 aliphatic heterocycles. The number of hydrogen-bond donors (Lipinski definition) is 3. The molecule has 0 bridgehead atoms. The molecule has 4 N–H and O–H groups in total. The quantitative estimate of drug-likeness (QED) is 0.247. The molecule has 2 rings (SSSR count). The van der Waals surface area contributed by atoms with Gasteiger partial charge in [0.05, 0.1) is 6.04 Å².